The lowest BCUT2D eigenvalue weighted by Gasteiger charge is -2.22. The summed E-state index contributed by atoms with van der Waals surface area (Å²) in [7, 11) is 1.57. The van der Waals surface area contributed by atoms with E-state index in [1.54, 1.807) is 18.7 Å². The number of hydrogen-bond acceptors (Lipinski definition) is 8. The highest BCUT2D eigenvalue weighted by Gasteiger charge is 2.20. The van der Waals surface area contributed by atoms with E-state index >= 15 is 0 Å². The number of nitrogens with one attached hydrogen (secondary N) is 1. The monoisotopic (exact) mass is 487 g/mol. The Hall–Kier alpha value is -3.68. The molecule has 1 aromatic heterocycles. The molecule has 7 N–H and O–H groups in total. The number of nitriles is 1. The number of para-hydroxylation sites is 1. The third-order valence-electron chi connectivity index (χ3n) is 5.02. The number of benzene rings is 1. The average Bonchev–Trinajstić information content (AvgIpc) is 3.22. The number of aromatic nitrogens is 2. The van der Waals surface area contributed by atoms with Crippen LogP contribution in [-0.2, 0) is 16.1 Å². The zero-order valence-electron chi connectivity index (χ0n) is 19.3. The molecular weight excluding hydrogens is 458 g/mol. The summed E-state index contributed by atoms with van der Waals surface area (Å²) in [5.41, 5.74) is 19.2. The van der Waals surface area contributed by atoms with Crippen molar-refractivity contribution >= 4 is 23.7 Å². The van der Waals surface area contributed by atoms with Crippen molar-refractivity contribution in [2.24, 2.45) is 17.2 Å². The number of amides is 1. The summed E-state index contributed by atoms with van der Waals surface area (Å²) in [5.74, 6) is 0.549. The van der Waals surface area contributed by atoms with E-state index < -0.39 is 0 Å². The SMILES string of the molecule is COc1c(NC(/C=C(\N)Cl)=C(\C)N)cccc1-c1cn(CC2CCCCO2)nc1C#N.NC=O. The van der Waals surface area contributed by atoms with Crippen molar-refractivity contribution in [3.05, 3.63) is 52.7 Å². The molecule has 1 aliphatic rings. The Morgan fingerprint density at radius 2 is 2.15 bits per heavy atom. The van der Waals surface area contributed by atoms with E-state index in [1.165, 1.54) is 6.08 Å². The van der Waals surface area contributed by atoms with E-state index in [0.29, 0.717) is 40.6 Å². The fourth-order valence-electron chi connectivity index (χ4n) is 3.55. The minimum atomic E-state index is 0.0976. The number of methoxy groups -OCH3 is 1. The molecule has 1 aliphatic heterocycles. The maximum Gasteiger partial charge on any atom is 0.204 e. The molecule has 3 rings (SSSR count). The third kappa shape index (κ3) is 7.16. The van der Waals surface area contributed by atoms with Crippen molar-refractivity contribution in [1.29, 1.82) is 5.26 Å². The summed E-state index contributed by atoms with van der Waals surface area (Å²) >= 11 is 5.83. The van der Waals surface area contributed by atoms with Crippen molar-refractivity contribution in [1.82, 2.24) is 9.78 Å². The maximum atomic E-state index is 9.68. The summed E-state index contributed by atoms with van der Waals surface area (Å²) in [5, 5.41) is 17.4. The molecule has 0 bridgehead atoms. The maximum absolute atomic E-state index is 9.68. The van der Waals surface area contributed by atoms with Gasteiger partial charge in [0.25, 0.3) is 0 Å². The van der Waals surface area contributed by atoms with Crippen molar-refractivity contribution in [2.45, 2.75) is 38.8 Å². The van der Waals surface area contributed by atoms with Crippen molar-refractivity contribution < 1.29 is 14.3 Å². The highest BCUT2D eigenvalue weighted by molar-refractivity contribution is 6.29. The summed E-state index contributed by atoms with van der Waals surface area (Å²) < 4.78 is 13.3. The number of carbonyl (C=O) groups excluding carboxylic acids is 1. The molecule has 2 aromatic rings. The lowest BCUT2D eigenvalue weighted by molar-refractivity contribution is -0.106. The number of hydrogen-bond donors (Lipinski definition) is 4. The van der Waals surface area contributed by atoms with Gasteiger partial charge < -0.3 is 32.0 Å². The number of primary amides is 1. The number of nitrogens with two attached hydrogens (primary N) is 3. The first-order valence-electron chi connectivity index (χ1n) is 10.6. The zero-order chi connectivity index (χ0) is 25.1. The highest BCUT2D eigenvalue weighted by Crippen LogP contribution is 2.38. The number of carbonyl (C=O) groups is 1. The van der Waals surface area contributed by atoms with Crippen LogP contribution in [0.5, 0.6) is 5.75 Å². The second kappa shape index (κ2) is 13.1. The number of halogens is 1. The van der Waals surface area contributed by atoms with Gasteiger partial charge in [0.2, 0.25) is 6.41 Å². The molecule has 34 heavy (non-hydrogen) atoms. The predicted molar refractivity (Wildman–Crippen MR) is 131 cm³/mol. The molecule has 1 atom stereocenters. The second-order valence-corrected chi connectivity index (χ2v) is 7.92. The van der Waals surface area contributed by atoms with Crippen LogP contribution in [0.15, 0.2) is 47.0 Å². The first kappa shape index (κ1) is 26.6. The van der Waals surface area contributed by atoms with Gasteiger partial charge >= 0.3 is 0 Å². The molecular formula is C23H30ClN7O3. The lowest BCUT2D eigenvalue weighted by atomic mass is 10.0. The van der Waals surface area contributed by atoms with Gasteiger partial charge in [-0.15, -0.1) is 0 Å². The Bertz CT molecular complexity index is 1070. The standard InChI is InChI=1S/C22H27ClN6O2.CH3NO/c1-14(25)19(10-21(23)26)27-18-8-5-7-16(22(18)30-2)17-13-29(28-20(17)11-24)12-15-6-3-4-9-31-15;2-1-3/h5,7-8,10,13,15,27H,3-4,6,9,12,25-26H2,1-2H3;1H,(H2,2,3)/b19-14+,21-10-;. The molecule has 1 saturated heterocycles. The lowest BCUT2D eigenvalue weighted by Crippen LogP contribution is -2.24. The number of anilines is 1. The fraction of sp³-hybridized carbons (Fsp3) is 0.348. The largest absolute Gasteiger partial charge is 0.494 e. The number of nitrogens with zero attached hydrogens (tertiary/aromatic N) is 3. The van der Waals surface area contributed by atoms with Gasteiger partial charge in [-0.25, -0.2) is 0 Å². The van der Waals surface area contributed by atoms with Crippen molar-refractivity contribution in [3.63, 3.8) is 0 Å². The normalized spacial score (nSPS) is 16.4. The summed E-state index contributed by atoms with van der Waals surface area (Å²) in [6.07, 6.45) is 6.97. The second-order valence-electron chi connectivity index (χ2n) is 7.49. The number of ether oxygens (including phenoxy) is 2. The Balaban J connectivity index is 0.00000129. The van der Waals surface area contributed by atoms with Crippen LogP contribution in [-0.4, -0.2) is 36.0 Å². The van der Waals surface area contributed by atoms with Crippen LogP contribution in [0.3, 0.4) is 0 Å². The summed E-state index contributed by atoms with van der Waals surface area (Å²) in [6.45, 7) is 3.11. The van der Waals surface area contributed by atoms with E-state index in [9.17, 15) is 5.26 Å². The van der Waals surface area contributed by atoms with Crippen LogP contribution in [0.4, 0.5) is 5.69 Å². The topological polar surface area (TPSA) is 167 Å². The van der Waals surface area contributed by atoms with Crippen LogP contribution in [0.25, 0.3) is 11.1 Å². The Morgan fingerprint density at radius 3 is 2.71 bits per heavy atom. The molecule has 11 heteroatoms. The first-order chi connectivity index (χ1) is 16.3. The van der Waals surface area contributed by atoms with Gasteiger partial charge in [0.05, 0.1) is 31.1 Å². The highest BCUT2D eigenvalue weighted by atomic mass is 35.5. The van der Waals surface area contributed by atoms with Crippen LogP contribution in [0.1, 0.15) is 31.9 Å². The number of allylic oxidation sites excluding steroid dienone is 2. The van der Waals surface area contributed by atoms with E-state index in [2.05, 4.69) is 22.2 Å². The molecule has 10 nitrogen and oxygen atoms in total. The smallest absolute Gasteiger partial charge is 0.204 e. The van der Waals surface area contributed by atoms with Crippen molar-refractivity contribution in [3.8, 4) is 22.9 Å². The van der Waals surface area contributed by atoms with Gasteiger partial charge in [-0.3, -0.25) is 9.48 Å². The van der Waals surface area contributed by atoms with Crippen LogP contribution in [0.2, 0.25) is 0 Å². The van der Waals surface area contributed by atoms with Gasteiger partial charge in [-0.05, 0) is 38.3 Å². The first-order valence-corrected chi connectivity index (χ1v) is 11.0. The van der Waals surface area contributed by atoms with Gasteiger partial charge in [0, 0.05) is 29.6 Å². The third-order valence-corrected chi connectivity index (χ3v) is 5.13. The molecule has 0 spiro atoms. The van der Waals surface area contributed by atoms with E-state index in [-0.39, 0.29) is 17.7 Å². The molecule has 2 heterocycles. The average molecular weight is 488 g/mol. The molecule has 1 amide bonds. The Labute approximate surface area is 203 Å². The predicted octanol–water partition coefficient (Wildman–Crippen LogP) is 2.74. The van der Waals surface area contributed by atoms with Crippen LogP contribution in [0, 0.1) is 11.3 Å². The van der Waals surface area contributed by atoms with Crippen LogP contribution < -0.4 is 27.3 Å². The van der Waals surface area contributed by atoms with E-state index in [1.807, 2.05) is 24.4 Å². The molecule has 182 valence electrons. The molecule has 0 saturated carbocycles. The van der Waals surface area contributed by atoms with E-state index in [4.69, 9.17) is 37.3 Å². The minimum Gasteiger partial charge on any atom is -0.494 e. The minimum absolute atomic E-state index is 0.0976. The molecule has 1 unspecified atom stereocenters. The molecule has 1 aromatic carbocycles. The van der Waals surface area contributed by atoms with Gasteiger partial charge in [-0.1, -0.05) is 23.7 Å². The van der Waals surface area contributed by atoms with Gasteiger partial charge in [0.15, 0.2) is 5.69 Å². The Morgan fingerprint density at radius 1 is 1.41 bits per heavy atom. The van der Waals surface area contributed by atoms with Crippen LogP contribution >= 0.6 is 11.6 Å². The van der Waals surface area contributed by atoms with Gasteiger partial charge in [-0.2, -0.15) is 10.4 Å². The molecule has 0 aliphatic carbocycles. The quantitative estimate of drug-likeness (QED) is 0.262. The Kier molecular flexibility index (Phi) is 10.3. The molecule has 1 fully saturated rings. The van der Waals surface area contributed by atoms with E-state index in [0.717, 1.165) is 31.4 Å². The number of rotatable bonds is 7. The van der Waals surface area contributed by atoms with Crippen molar-refractivity contribution in [2.75, 3.05) is 19.0 Å². The summed E-state index contributed by atoms with van der Waals surface area (Å²) in [6, 6.07) is 7.77. The molecule has 0 radical (unpaired) electrons. The zero-order valence-corrected chi connectivity index (χ0v) is 20.0. The van der Waals surface area contributed by atoms with Gasteiger partial charge in [0.1, 0.15) is 17.0 Å². The fourth-order valence-corrected chi connectivity index (χ4v) is 3.66. The summed E-state index contributed by atoms with van der Waals surface area (Å²) in [4.78, 5) is 8.58.